The number of aryl methyl sites for hydroxylation is 1. The molecule has 0 heterocycles. The van der Waals surface area contributed by atoms with Crippen LogP contribution in [-0.2, 0) is 6.42 Å². The first-order chi connectivity index (χ1) is 9.90. The van der Waals surface area contributed by atoms with Gasteiger partial charge in [-0.1, -0.05) is 41.4 Å². The molecule has 0 radical (unpaired) electrons. The summed E-state index contributed by atoms with van der Waals surface area (Å²) in [4.78, 5) is 22.9. The summed E-state index contributed by atoms with van der Waals surface area (Å²) in [5, 5.41) is 11.8. The molecule has 0 fully saturated rings. The van der Waals surface area contributed by atoms with Gasteiger partial charge in [0.25, 0.3) is 5.69 Å². The molecule has 0 unspecified atom stereocenters. The molecule has 0 saturated heterocycles. The predicted octanol–water partition coefficient (Wildman–Crippen LogP) is 4.64. The number of carbonyl (C=O) groups excluding carboxylic acids is 1. The van der Waals surface area contributed by atoms with E-state index in [1.165, 1.54) is 6.07 Å². The fraction of sp³-hybridized carbons (Fsp3) is 0.133. The zero-order valence-corrected chi connectivity index (χ0v) is 12.6. The van der Waals surface area contributed by atoms with Crippen LogP contribution in [0.25, 0.3) is 0 Å². The van der Waals surface area contributed by atoms with Gasteiger partial charge < -0.3 is 0 Å². The highest BCUT2D eigenvalue weighted by molar-refractivity contribution is 6.42. The van der Waals surface area contributed by atoms with Gasteiger partial charge in [-0.15, -0.1) is 0 Å². The Kier molecular flexibility index (Phi) is 4.60. The average Bonchev–Trinajstić information content (AvgIpc) is 2.42. The van der Waals surface area contributed by atoms with Gasteiger partial charge in [0.05, 0.1) is 20.5 Å². The molecule has 0 amide bonds. The van der Waals surface area contributed by atoms with E-state index in [0.29, 0.717) is 21.2 Å². The topological polar surface area (TPSA) is 60.2 Å². The molecule has 0 N–H and O–H groups in total. The summed E-state index contributed by atoms with van der Waals surface area (Å²) < 4.78 is 0. The second-order valence-electron chi connectivity index (χ2n) is 4.57. The minimum Gasteiger partial charge on any atom is -0.294 e. The van der Waals surface area contributed by atoms with Crippen LogP contribution in [0.5, 0.6) is 0 Å². The Morgan fingerprint density at radius 1 is 1.19 bits per heavy atom. The third kappa shape index (κ3) is 3.40. The smallest absolute Gasteiger partial charge is 0.280 e. The maximum atomic E-state index is 12.4. The number of carbonyl (C=O) groups is 1. The Bertz CT molecular complexity index is 729. The van der Waals surface area contributed by atoms with Crippen LogP contribution in [0.1, 0.15) is 21.5 Å². The Labute approximate surface area is 131 Å². The summed E-state index contributed by atoms with van der Waals surface area (Å²) in [5.74, 6) is -0.321. The van der Waals surface area contributed by atoms with E-state index in [0.717, 1.165) is 0 Å². The second kappa shape index (κ2) is 6.24. The van der Waals surface area contributed by atoms with Crippen LogP contribution < -0.4 is 0 Å². The Morgan fingerprint density at radius 2 is 1.90 bits per heavy atom. The van der Waals surface area contributed by atoms with E-state index in [9.17, 15) is 14.9 Å². The first-order valence-corrected chi connectivity index (χ1v) is 6.87. The number of nitrogens with zero attached hydrogens (tertiary/aromatic N) is 1. The van der Waals surface area contributed by atoms with Crippen molar-refractivity contribution in [1.82, 2.24) is 0 Å². The summed E-state index contributed by atoms with van der Waals surface area (Å²) in [6.07, 6.45) is 0.0303. The second-order valence-corrected chi connectivity index (χ2v) is 5.39. The fourth-order valence-electron chi connectivity index (χ4n) is 2.09. The molecule has 2 aromatic carbocycles. The van der Waals surface area contributed by atoms with Gasteiger partial charge in [0.1, 0.15) is 0 Å². The van der Waals surface area contributed by atoms with Crippen molar-refractivity contribution in [2.75, 3.05) is 0 Å². The minimum absolute atomic E-state index is 0.0303. The van der Waals surface area contributed by atoms with E-state index >= 15 is 0 Å². The normalized spacial score (nSPS) is 10.4. The highest BCUT2D eigenvalue weighted by atomic mass is 35.5. The molecule has 0 aliphatic carbocycles. The standard InChI is InChI=1S/C15H11Cl2NO3/c1-9-3-2-4-13(18(20)21)15(9)14(19)8-10-5-6-11(16)12(17)7-10/h2-7H,8H2,1H3. The van der Waals surface area contributed by atoms with E-state index in [-0.39, 0.29) is 23.5 Å². The Balaban J connectivity index is 2.36. The Morgan fingerprint density at radius 3 is 2.52 bits per heavy atom. The zero-order chi connectivity index (χ0) is 15.6. The monoisotopic (exact) mass is 323 g/mol. The number of Topliss-reactive ketones (excluding diaryl/α,β-unsaturated/α-hetero) is 1. The van der Waals surface area contributed by atoms with Crippen molar-refractivity contribution in [2.24, 2.45) is 0 Å². The summed E-state index contributed by atoms with van der Waals surface area (Å²) in [5.41, 5.74) is 1.19. The van der Waals surface area contributed by atoms with Gasteiger partial charge in [0.15, 0.2) is 5.78 Å². The molecule has 6 heteroatoms. The van der Waals surface area contributed by atoms with Crippen molar-refractivity contribution < 1.29 is 9.72 Å². The van der Waals surface area contributed by atoms with E-state index in [2.05, 4.69) is 0 Å². The van der Waals surface area contributed by atoms with Gasteiger partial charge in [-0.25, -0.2) is 0 Å². The molecule has 21 heavy (non-hydrogen) atoms. The van der Waals surface area contributed by atoms with Gasteiger partial charge in [-0.05, 0) is 30.2 Å². The number of ketones is 1. The van der Waals surface area contributed by atoms with Crippen LogP contribution >= 0.6 is 23.2 Å². The molecule has 0 aromatic heterocycles. The fourth-order valence-corrected chi connectivity index (χ4v) is 2.41. The molecular formula is C15H11Cl2NO3. The molecule has 4 nitrogen and oxygen atoms in total. The number of rotatable bonds is 4. The number of benzene rings is 2. The van der Waals surface area contributed by atoms with E-state index in [4.69, 9.17) is 23.2 Å². The molecule has 108 valence electrons. The van der Waals surface area contributed by atoms with Crippen LogP contribution in [-0.4, -0.2) is 10.7 Å². The van der Waals surface area contributed by atoms with Crippen LogP contribution in [0.2, 0.25) is 10.0 Å². The van der Waals surface area contributed by atoms with Crippen molar-refractivity contribution >= 4 is 34.7 Å². The molecular weight excluding hydrogens is 313 g/mol. The Hall–Kier alpha value is -1.91. The molecule has 0 saturated carbocycles. The van der Waals surface area contributed by atoms with Crippen molar-refractivity contribution in [2.45, 2.75) is 13.3 Å². The van der Waals surface area contributed by atoms with Crippen LogP contribution in [0.4, 0.5) is 5.69 Å². The lowest BCUT2D eigenvalue weighted by atomic mass is 9.97. The molecule has 0 atom stereocenters. The molecule has 0 bridgehead atoms. The molecule has 0 aliphatic heterocycles. The van der Waals surface area contributed by atoms with E-state index < -0.39 is 4.92 Å². The molecule has 0 aliphatic rings. The quantitative estimate of drug-likeness (QED) is 0.468. The van der Waals surface area contributed by atoms with Gasteiger partial charge in [0, 0.05) is 12.5 Å². The third-order valence-corrected chi connectivity index (χ3v) is 3.81. The van der Waals surface area contributed by atoms with Crippen molar-refractivity contribution in [1.29, 1.82) is 0 Å². The minimum atomic E-state index is -0.547. The summed E-state index contributed by atoms with van der Waals surface area (Å²) >= 11 is 11.7. The highest BCUT2D eigenvalue weighted by Crippen LogP contribution is 2.26. The number of hydrogen-bond acceptors (Lipinski definition) is 3. The van der Waals surface area contributed by atoms with Crippen LogP contribution in [0, 0.1) is 17.0 Å². The van der Waals surface area contributed by atoms with Crippen molar-refractivity contribution in [3.63, 3.8) is 0 Å². The number of nitro groups is 1. The summed E-state index contributed by atoms with van der Waals surface area (Å²) in [6.45, 7) is 1.68. The average molecular weight is 324 g/mol. The SMILES string of the molecule is Cc1cccc([N+](=O)[O-])c1C(=O)Cc1ccc(Cl)c(Cl)c1. The van der Waals surface area contributed by atoms with Gasteiger partial charge in [-0.3, -0.25) is 14.9 Å². The van der Waals surface area contributed by atoms with E-state index in [1.807, 2.05) is 0 Å². The predicted molar refractivity (Wildman–Crippen MR) is 82.3 cm³/mol. The van der Waals surface area contributed by atoms with Gasteiger partial charge >= 0.3 is 0 Å². The van der Waals surface area contributed by atoms with Crippen LogP contribution in [0.15, 0.2) is 36.4 Å². The number of hydrogen-bond donors (Lipinski definition) is 0. The van der Waals surface area contributed by atoms with Crippen molar-refractivity contribution in [3.05, 3.63) is 73.2 Å². The van der Waals surface area contributed by atoms with Crippen molar-refractivity contribution in [3.8, 4) is 0 Å². The first kappa shape index (κ1) is 15.5. The largest absolute Gasteiger partial charge is 0.294 e. The maximum Gasteiger partial charge on any atom is 0.280 e. The van der Waals surface area contributed by atoms with Crippen LogP contribution in [0.3, 0.4) is 0 Å². The summed E-state index contributed by atoms with van der Waals surface area (Å²) in [7, 11) is 0. The molecule has 2 aromatic rings. The maximum absolute atomic E-state index is 12.4. The lowest BCUT2D eigenvalue weighted by Gasteiger charge is -2.07. The number of nitro benzene ring substituents is 1. The van der Waals surface area contributed by atoms with Gasteiger partial charge in [-0.2, -0.15) is 0 Å². The van der Waals surface area contributed by atoms with Gasteiger partial charge in [0.2, 0.25) is 0 Å². The molecule has 0 spiro atoms. The van der Waals surface area contributed by atoms with E-state index in [1.54, 1.807) is 37.3 Å². The molecule has 2 rings (SSSR count). The lowest BCUT2D eigenvalue weighted by Crippen LogP contribution is -2.09. The lowest BCUT2D eigenvalue weighted by molar-refractivity contribution is -0.385. The highest BCUT2D eigenvalue weighted by Gasteiger charge is 2.22. The zero-order valence-electron chi connectivity index (χ0n) is 11.1. The first-order valence-electron chi connectivity index (χ1n) is 6.11. The number of halogens is 2. The third-order valence-electron chi connectivity index (χ3n) is 3.08. The summed E-state index contributed by atoms with van der Waals surface area (Å²) in [6, 6.07) is 9.43.